The van der Waals surface area contributed by atoms with E-state index in [1.807, 2.05) is 0 Å². The average Bonchev–Trinajstić information content (AvgIpc) is 3.38. The molecule has 3 heterocycles. The maximum Gasteiger partial charge on any atom is 0.418 e. The van der Waals surface area contributed by atoms with Gasteiger partial charge < -0.3 is 14.6 Å². The number of carbonyl (C=O) groups is 1. The molecule has 2 fully saturated rings. The summed E-state index contributed by atoms with van der Waals surface area (Å²) in [7, 11) is 0. The van der Waals surface area contributed by atoms with E-state index in [1.54, 1.807) is 11.8 Å². The number of aryl methyl sites for hydroxylation is 1. The van der Waals surface area contributed by atoms with E-state index in [1.165, 1.54) is 24.5 Å². The lowest BCUT2D eigenvalue weighted by molar-refractivity contribution is -0.137. The number of nitrogens with one attached hydrogen (secondary N) is 1. The summed E-state index contributed by atoms with van der Waals surface area (Å²) in [6, 6.07) is 2.90. The molecular formula is C20H20F3N7O2. The van der Waals surface area contributed by atoms with Gasteiger partial charge in [-0.05, 0) is 37.0 Å². The number of alkyl halides is 3. The van der Waals surface area contributed by atoms with Gasteiger partial charge in [0.15, 0.2) is 0 Å². The fourth-order valence-corrected chi connectivity index (χ4v) is 4.97. The molecule has 1 N–H and O–H groups in total. The summed E-state index contributed by atoms with van der Waals surface area (Å²) in [5.41, 5.74) is -1.68. The van der Waals surface area contributed by atoms with Gasteiger partial charge in [0.1, 0.15) is 5.54 Å². The van der Waals surface area contributed by atoms with Gasteiger partial charge in [-0.3, -0.25) is 0 Å². The average molecular weight is 447 g/mol. The lowest BCUT2D eigenvalue weighted by atomic mass is 9.64. The highest BCUT2D eigenvalue weighted by molar-refractivity contribution is 5.91. The summed E-state index contributed by atoms with van der Waals surface area (Å²) < 4.78 is 46.1. The molecular weight excluding hydrogens is 427 g/mol. The number of hydrogen-bond donors (Lipinski definition) is 1. The Balaban J connectivity index is 1.46. The van der Waals surface area contributed by atoms with E-state index in [9.17, 15) is 18.0 Å². The number of aromatic nitrogens is 5. The molecule has 1 saturated heterocycles. The Morgan fingerprint density at radius 2 is 1.97 bits per heavy atom. The molecule has 32 heavy (non-hydrogen) atoms. The highest BCUT2D eigenvalue weighted by atomic mass is 19.4. The van der Waals surface area contributed by atoms with Crippen LogP contribution in [-0.4, -0.2) is 42.2 Å². The van der Waals surface area contributed by atoms with E-state index in [2.05, 4.69) is 32.6 Å². The number of benzene rings is 1. The molecule has 3 aromatic rings. The van der Waals surface area contributed by atoms with Crippen LogP contribution >= 0.6 is 0 Å². The molecule has 1 aliphatic carbocycles. The first kappa shape index (κ1) is 20.5. The van der Waals surface area contributed by atoms with Crippen LogP contribution < -0.4 is 5.32 Å². The summed E-state index contributed by atoms with van der Waals surface area (Å²) in [6.07, 6.45) is 0.178. The summed E-state index contributed by atoms with van der Waals surface area (Å²) in [5.74, 6) is 1.17. The Morgan fingerprint density at radius 1 is 1.22 bits per heavy atom. The van der Waals surface area contributed by atoms with Crippen molar-refractivity contribution in [3.8, 4) is 5.69 Å². The Morgan fingerprint density at radius 3 is 2.62 bits per heavy atom. The number of urea groups is 1. The number of nitrogens with zero attached hydrogens (tertiary/aromatic N) is 6. The van der Waals surface area contributed by atoms with Crippen LogP contribution in [0, 0.1) is 12.8 Å². The fourth-order valence-electron chi connectivity index (χ4n) is 4.97. The smallest absolute Gasteiger partial charge is 0.418 e. The topological polar surface area (TPSA) is 102 Å². The summed E-state index contributed by atoms with van der Waals surface area (Å²) in [5, 5.41) is 18.4. The first-order chi connectivity index (χ1) is 15.2. The minimum atomic E-state index is -4.60. The number of halogens is 3. The van der Waals surface area contributed by atoms with Gasteiger partial charge in [0.2, 0.25) is 11.8 Å². The summed E-state index contributed by atoms with van der Waals surface area (Å²) in [4.78, 5) is 15.8. The Kier molecular flexibility index (Phi) is 4.50. The molecule has 2 aliphatic rings. The van der Waals surface area contributed by atoms with Gasteiger partial charge in [0.05, 0.1) is 23.6 Å². The molecule has 12 heteroatoms. The zero-order chi connectivity index (χ0) is 22.7. The molecule has 9 nitrogen and oxygen atoms in total. The third-order valence-corrected chi connectivity index (χ3v) is 6.09. The molecule has 2 unspecified atom stereocenters. The monoisotopic (exact) mass is 447 g/mol. The SMILES string of the molecule is Cc1nnc(C23CC(C[C@@H](C)C2)N3C(=O)Nc2ccc(C(F)(F)F)c(-n3nccn3)c2)o1. The Bertz CT molecular complexity index is 1160. The van der Waals surface area contributed by atoms with Crippen LogP contribution in [0.2, 0.25) is 0 Å². The van der Waals surface area contributed by atoms with Gasteiger partial charge in [-0.2, -0.15) is 28.2 Å². The number of rotatable bonds is 3. The molecule has 0 radical (unpaired) electrons. The van der Waals surface area contributed by atoms with Crippen molar-refractivity contribution in [1.29, 1.82) is 0 Å². The number of hydrogen-bond acceptors (Lipinski definition) is 6. The molecule has 5 rings (SSSR count). The van der Waals surface area contributed by atoms with Crippen molar-refractivity contribution < 1.29 is 22.4 Å². The van der Waals surface area contributed by atoms with E-state index in [4.69, 9.17) is 4.42 Å². The predicted molar refractivity (Wildman–Crippen MR) is 105 cm³/mol. The van der Waals surface area contributed by atoms with Crippen molar-refractivity contribution in [3.05, 3.63) is 47.9 Å². The van der Waals surface area contributed by atoms with E-state index in [-0.39, 0.29) is 17.4 Å². The number of fused-ring (bicyclic) bond motifs is 2. The highest BCUT2D eigenvalue weighted by Gasteiger charge is 2.62. The molecule has 0 spiro atoms. The zero-order valence-corrected chi connectivity index (χ0v) is 17.3. The number of carbonyl (C=O) groups excluding carboxylic acids is 1. The largest absolute Gasteiger partial charge is 0.423 e. The van der Waals surface area contributed by atoms with Crippen molar-refractivity contribution >= 4 is 11.7 Å². The third kappa shape index (κ3) is 3.21. The quantitative estimate of drug-likeness (QED) is 0.653. The molecule has 1 aliphatic heterocycles. The zero-order valence-electron chi connectivity index (χ0n) is 17.3. The van der Waals surface area contributed by atoms with Gasteiger partial charge in [-0.25, -0.2) is 4.79 Å². The van der Waals surface area contributed by atoms with Crippen LogP contribution in [0.25, 0.3) is 5.69 Å². The third-order valence-electron chi connectivity index (χ3n) is 6.09. The lowest BCUT2D eigenvalue weighted by Crippen LogP contribution is -2.70. The van der Waals surface area contributed by atoms with Crippen molar-refractivity contribution in [3.63, 3.8) is 0 Å². The van der Waals surface area contributed by atoms with Gasteiger partial charge in [0.25, 0.3) is 0 Å². The molecule has 2 bridgehead atoms. The maximum atomic E-state index is 13.5. The van der Waals surface area contributed by atoms with Crippen molar-refractivity contribution in [2.24, 2.45) is 5.92 Å². The van der Waals surface area contributed by atoms with Gasteiger partial charge in [-0.15, -0.1) is 10.2 Å². The van der Waals surface area contributed by atoms with Crippen LogP contribution in [-0.2, 0) is 11.7 Å². The van der Waals surface area contributed by atoms with Gasteiger partial charge in [-0.1, -0.05) is 6.92 Å². The first-order valence-corrected chi connectivity index (χ1v) is 10.2. The van der Waals surface area contributed by atoms with Crippen LogP contribution in [0.5, 0.6) is 0 Å². The van der Waals surface area contributed by atoms with Gasteiger partial charge in [0, 0.05) is 25.1 Å². The first-order valence-electron chi connectivity index (χ1n) is 10.2. The number of likely N-dealkylation sites (tertiary alicyclic amines) is 1. The Labute approximate surface area is 180 Å². The lowest BCUT2D eigenvalue weighted by Gasteiger charge is -2.61. The molecule has 1 aromatic carbocycles. The van der Waals surface area contributed by atoms with Crippen molar-refractivity contribution in [1.82, 2.24) is 30.1 Å². The minimum Gasteiger partial charge on any atom is -0.423 e. The summed E-state index contributed by atoms with van der Waals surface area (Å²) in [6.45, 7) is 3.80. The molecule has 3 atom stereocenters. The molecule has 2 amide bonds. The highest BCUT2D eigenvalue weighted by Crippen LogP contribution is 2.55. The second kappa shape index (κ2) is 7.04. The second-order valence-corrected chi connectivity index (χ2v) is 8.41. The Hall–Kier alpha value is -3.44. The van der Waals surface area contributed by atoms with Crippen LogP contribution in [0.4, 0.5) is 23.7 Å². The normalized spacial score (nSPS) is 24.8. The van der Waals surface area contributed by atoms with Crippen molar-refractivity contribution in [2.75, 3.05) is 5.32 Å². The predicted octanol–water partition coefficient (Wildman–Crippen LogP) is 3.91. The number of piperidine rings is 1. The van der Waals surface area contributed by atoms with Crippen LogP contribution in [0.15, 0.2) is 35.0 Å². The summed E-state index contributed by atoms with van der Waals surface area (Å²) >= 11 is 0. The second-order valence-electron chi connectivity index (χ2n) is 8.41. The molecule has 168 valence electrons. The number of amides is 2. The van der Waals surface area contributed by atoms with E-state index >= 15 is 0 Å². The van der Waals surface area contributed by atoms with E-state index in [0.29, 0.717) is 30.5 Å². The minimum absolute atomic E-state index is 0.00680. The fraction of sp³-hybridized carbons (Fsp3) is 0.450. The molecule has 2 aromatic heterocycles. The number of anilines is 1. The van der Waals surface area contributed by atoms with Crippen LogP contribution in [0.1, 0.15) is 43.5 Å². The maximum absolute atomic E-state index is 13.5. The van der Waals surface area contributed by atoms with Crippen molar-refractivity contribution in [2.45, 2.75) is 50.9 Å². The molecule has 1 saturated carbocycles. The van der Waals surface area contributed by atoms with Gasteiger partial charge >= 0.3 is 12.2 Å². The van der Waals surface area contributed by atoms with E-state index < -0.39 is 23.3 Å². The van der Waals surface area contributed by atoms with E-state index in [0.717, 1.165) is 17.3 Å². The standard InChI is InChI=1S/C20H20F3N7O2/c1-11-7-14-10-19(9-11,17-28-27-12(2)32-17)29(14)18(31)26-13-3-4-15(20(21,22)23)16(8-13)30-24-5-6-25-30/h3-6,8,11,14H,7,9-10H2,1-2H3,(H,26,31)/t11-,14?,19?/m1/s1. The van der Waals surface area contributed by atoms with Crippen LogP contribution in [0.3, 0.4) is 0 Å².